The Hall–Kier alpha value is -8.74. The van der Waals surface area contributed by atoms with Crippen molar-refractivity contribution in [1.82, 2.24) is 4.57 Å². The van der Waals surface area contributed by atoms with E-state index in [4.69, 9.17) is 4.11 Å². The van der Waals surface area contributed by atoms with Gasteiger partial charge >= 0.3 is 0 Å². The Kier molecular flexibility index (Phi) is 5.74. The van der Waals surface area contributed by atoms with Crippen molar-refractivity contribution in [2.75, 3.05) is 19.6 Å². The minimum absolute atomic E-state index is 0.0300. The standard InChI is InChI=1S/C76H72BN5/c1-73(2,3)49-31-36-56(37-32-49)78(57-38-33-50(34-39-57)74(4,5)6)58-40-41-62-66(46-58)80(55-27-20-15-21-28-55)67-47-59(79(53-23-16-13-17-24-53)54-25-18-14-19-26-54)48-68-70(67)77(62)63-29-22-30-65-72(63)82(68)69-45-52(76(10,11)12)44-61-60-43-51(75(7,8)9)35-42-64(60)81(65)71(61)69/h13-48H,1-12H3/i13D,14D,15D,16D,17D,18D,19D,20D,21D,22D,23D,24D,25D,26D,27D,28D,29D,30D,31D,32D,33D,34D,35D,36D,37D,38D,39D,40D,41D,42D,43D,44D,45D,46D,47D,48D. The summed E-state index contributed by atoms with van der Waals surface area (Å²) in [6.07, 6.45) is 0. The normalized spacial score (nSPS) is 19.7. The van der Waals surface area contributed by atoms with Gasteiger partial charge < -0.3 is 24.2 Å². The number of hydrogen-bond donors (Lipinski definition) is 0. The fourth-order valence-electron chi connectivity index (χ4n) is 10.5. The molecule has 0 saturated carbocycles. The minimum Gasteiger partial charge on any atom is -0.311 e. The summed E-state index contributed by atoms with van der Waals surface area (Å²) < 4.78 is 360. The number of nitrogens with zero attached hydrogens (tertiary/aromatic N) is 5. The summed E-state index contributed by atoms with van der Waals surface area (Å²) >= 11 is 0. The van der Waals surface area contributed by atoms with Gasteiger partial charge in [-0.15, -0.1) is 0 Å². The van der Waals surface area contributed by atoms with Crippen LogP contribution in [0.1, 0.15) is 155 Å². The first-order chi connectivity index (χ1) is 54.3. The topological polar surface area (TPSA) is 17.9 Å². The van der Waals surface area contributed by atoms with Crippen molar-refractivity contribution in [3.05, 3.63) is 240 Å². The predicted octanol–water partition coefficient (Wildman–Crippen LogP) is 19.3. The fraction of sp³-hybridized carbons (Fsp3) is 0.211. The molecule has 0 bridgehead atoms. The third kappa shape index (κ3) is 8.19. The Bertz CT molecular complexity index is 6250. The maximum absolute atomic E-state index is 11.4. The third-order valence-corrected chi connectivity index (χ3v) is 14.6. The molecule has 404 valence electrons. The van der Waals surface area contributed by atoms with Crippen LogP contribution in [0.25, 0.3) is 27.5 Å². The summed E-state index contributed by atoms with van der Waals surface area (Å²) in [5.41, 5.74) is -21.2. The van der Waals surface area contributed by atoms with Crippen LogP contribution in [0.15, 0.2) is 218 Å². The molecule has 0 amide bonds. The minimum atomic E-state index is -2.36. The van der Waals surface area contributed by atoms with Crippen molar-refractivity contribution >= 4 is 113 Å². The number of benzene rings is 10. The SMILES string of the molecule is [2H]c1c([2H])c([2H])c(N(c2c([2H])c([2H])c([2H])c([2H])c2[2H])c2c([2H])c3c4c(c2[2H])N2c5c(c([2H])c([2H])c([2H])c5-n5c6c([2H])c([2H])c(C(C)(C)C)c([2H])c6c6c([2H])c(C(C)(C)C)c([2H])c2c65)B4c2c([2H])c([2H])c(N(c4c([2H])c([2H])c(C(C)(C)C)c([2H])c4[2H])c4c([2H])c([2H])c(C(C)(C)C)c([2H])c4[2H])c([2H])c2N3c2c([2H])c([2H])c([2H])c([2H])c2[2H])c([2H])c1[2H]. The Balaban J connectivity index is 1.36. The highest BCUT2D eigenvalue weighted by atomic mass is 15.2. The van der Waals surface area contributed by atoms with E-state index in [0.717, 1.165) is 9.47 Å². The number of rotatable bonds is 7. The van der Waals surface area contributed by atoms with Crippen molar-refractivity contribution in [2.45, 2.75) is 105 Å². The van der Waals surface area contributed by atoms with Crippen LogP contribution >= 0.6 is 0 Å². The molecule has 0 saturated heterocycles. The molecule has 0 radical (unpaired) electrons. The van der Waals surface area contributed by atoms with Gasteiger partial charge in [0.1, 0.15) is 0 Å². The summed E-state index contributed by atoms with van der Waals surface area (Å²) in [5.74, 6) is 0. The van der Waals surface area contributed by atoms with Gasteiger partial charge in [-0.05, 0) is 175 Å². The Labute approximate surface area is 536 Å². The van der Waals surface area contributed by atoms with Gasteiger partial charge in [0, 0.05) is 62.0 Å². The molecular formula is C76H72BN5. The van der Waals surface area contributed by atoms with E-state index in [2.05, 4.69) is 0 Å². The lowest BCUT2D eigenvalue weighted by Crippen LogP contribution is -2.61. The molecule has 4 heterocycles. The first-order valence-corrected chi connectivity index (χ1v) is 26.5. The van der Waals surface area contributed by atoms with Crippen LogP contribution < -0.4 is 36.0 Å². The molecule has 0 spiro atoms. The number of fused-ring (bicyclic) bond motifs is 9. The van der Waals surface area contributed by atoms with Crippen LogP contribution in [0, 0.1) is 0 Å². The number of aromatic nitrogens is 1. The van der Waals surface area contributed by atoms with Crippen molar-refractivity contribution in [1.29, 1.82) is 0 Å². The number of para-hydroxylation sites is 4. The average Bonchev–Trinajstić information content (AvgIpc) is 1.22. The summed E-state index contributed by atoms with van der Waals surface area (Å²) in [6.45, 7) is 16.9. The lowest BCUT2D eigenvalue weighted by molar-refractivity contribution is 0.590. The van der Waals surface area contributed by atoms with Crippen LogP contribution in [0.2, 0.25) is 0 Å². The van der Waals surface area contributed by atoms with Crippen LogP contribution in [0.4, 0.5) is 68.2 Å². The molecular weight excluding hydrogens is 994 g/mol. The largest absolute Gasteiger partial charge is 0.311 e. The molecule has 0 aliphatic carbocycles. The maximum atomic E-state index is 11.4. The van der Waals surface area contributed by atoms with Gasteiger partial charge in [-0.3, -0.25) is 0 Å². The molecule has 3 aliphatic rings. The van der Waals surface area contributed by atoms with Crippen molar-refractivity contribution in [3.63, 3.8) is 0 Å². The molecule has 0 N–H and O–H groups in total. The van der Waals surface area contributed by atoms with E-state index < -0.39 is 342 Å². The average molecular weight is 1100 g/mol. The van der Waals surface area contributed by atoms with Crippen LogP contribution in [0.3, 0.4) is 0 Å². The summed E-state index contributed by atoms with van der Waals surface area (Å²) in [4.78, 5) is 2.52. The molecule has 11 aromatic rings. The van der Waals surface area contributed by atoms with Gasteiger partial charge in [-0.2, -0.15) is 0 Å². The van der Waals surface area contributed by atoms with Gasteiger partial charge in [0.2, 0.25) is 0 Å². The molecule has 0 unspecified atom stereocenters. The maximum Gasteiger partial charge on any atom is 0.252 e. The third-order valence-electron chi connectivity index (χ3n) is 14.6. The zero-order valence-corrected chi connectivity index (χ0v) is 46.8. The predicted molar refractivity (Wildman–Crippen MR) is 353 cm³/mol. The summed E-state index contributed by atoms with van der Waals surface area (Å²) in [6, 6.07) is -37.2. The Morgan fingerprint density at radius 1 is 0.341 bits per heavy atom. The van der Waals surface area contributed by atoms with Gasteiger partial charge in [0.05, 0.1) is 83.1 Å². The van der Waals surface area contributed by atoms with Crippen molar-refractivity contribution < 1.29 is 49.3 Å². The Morgan fingerprint density at radius 2 is 0.817 bits per heavy atom. The lowest BCUT2D eigenvalue weighted by atomic mass is 9.33. The zero-order valence-electron chi connectivity index (χ0n) is 82.8. The first kappa shape index (κ1) is 25.6. The lowest BCUT2D eigenvalue weighted by Gasteiger charge is -2.47. The molecule has 0 atom stereocenters. The van der Waals surface area contributed by atoms with Crippen LogP contribution in [-0.2, 0) is 21.7 Å². The second-order valence-corrected chi connectivity index (χ2v) is 24.3. The van der Waals surface area contributed by atoms with Gasteiger partial charge in [0.15, 0.2) is 0 Å². The molecule has 14 rings (SSSR count). The molecule has 1 aromatic heterocycles. The highest BCUT2D eigenvalue weighted by Crippen LogP contribution is 2.55. The monoisotopic (exact) mass is 1100 g/mol. The first-order valence-electron chi connectivity index (χ1n) is 44.5. The van der Waals surface area contributed by atoms with E-state index in [1.807, 2.05) is 0 Å². The van der Waals surface area contributed by atoms with E-state index in [-0.39, 0.29) is 38.5 Å². The summed E-state index contributed by atoms with van der Waals surface area (Å²) in [7, 11) is 0. The fourth-order valence-corrected chi connectivity index (χ4v) is 10.5. The van der Waals surface area contributed by atoms with Gasteiger partial charge in [-0.25, -0.2) is 0 Å². The van der Waals surface area contributed by atoms with E-state index in [9.17, 15) is 45.2 Å². The quantitative estimate of drug-likeness (QED) is 0.148. The Morgan fingerprint density at radius 3 is 1.38 bits per heavy atom. The smallest absolute Gasteiger partial charge is 0.252 e. The van der Waals surface area contributed by atoms with E-state index >= 15 is 0 Å². The van der Waals surface area contributed by atoms with Crippen molar-refractivity contribution in [3.8, 4) is 5.69 Å². The van der Waals surface area contributed by atoms with Gasteiger partial charge in [-0.1, -0.05) is 186 Å². The number of anilines is 12. The van der Waals surface area contributed by atoms with Crippen LogP contribution in [0.5, 0.6) is 0 Å². The summed E-state index contributed by atoms with van der Waals surface area (Å²) in [5, 5.41) is -0.483. The second-order valence-electron chi connectivity index (χ2n) is 24.3. The molecule has 0 fully saturated rings. The molecule has 82 heavy (non-hydrogen) atoms. The van der Waals surface area contributed by atoms with E-state index in [0.29, 0.717) is 14.7 Å². The molecule has 6 heteroatoms. The molecule has 5 nitrogen and oxygen atoms in total. The number of hydrogen-bond acceptors (Lipinski definition) is 4. The van der Waals surface area contributed by atoms with E-state index in [1.165, 1.54) is 0 Å². The van der Waals surface area contributed by atoms with Crippen molar-refractivity contribution in [2.24, 2.45) is 0 Å². The van der Waals surface area contributed by atoms with Crippen LogP contribution in [-0.4, -0.2) is 11.3 Å². The van der Waals surface area contributed by atoms with E-state index in [1.54, 1.807) is 83.1 Å². The second kappa shape index (κ2) is 18.4. The molecule has 3 aliphatic heterocycles. The molecule has 10 aromatic carbocycles. The van der Waals surface area contributed by atoms with Gasteiger partial charge in [0.25, 0.3) is 6.71 Å². The highest BCUT2D eigenvalue weighted by Gasteiger charge is 2.47. The highest BCUT2D eigenvalue weighted by molar-refractivity contribution is 7.00. The zero-order chi connectivity index (χ0) is 88.1.